The van der Waals surface area contributed by atoms with E-state index in [1.807, 2.05) is 4.98 Å². The van der Waals surface area contributed by atoms with Crippen molar-refractivity contribution in [1.29, 1.82) is 0 Å². The van der Waals surface area contributed by atoms with Gasteiger partial charge in [-0.1, -0.05) is 6.07 Å². The number of H-pyrrole nitrogens is 1. The van der Waals surface area contributed by atoms with Crippen LogP contribution in [0.2, 0.25) is 0 Å². The van der Waals surface area contributed by atoms with Crippen LogP contribution in [0.25, 0.3) is 5.69 Å². The Bertz CT molecular complexity index is 776. The summed E-state index contributed by atoms with van der Waals surface area (Å²) < 4.78 is 14.3. The van der Waals surface area contributed by atoms with Gasteiger partial charge in [-0.25, -0.2) is 14.0 Å². The van der Waals surface area contributed by atoms with Crippen LogP contribution in [-0.4, -0.2) is 20.6 Å². The highest BCUT2D eigenvalue weighted by molar-refractivity contribution is 5.86. The smallest absolute Gasteiger partial charge is 0.342 e. The molecule has 19 heavy (non-hydrogen) atoms. The number of hydrogen-bond acceptors (Lipinski definition) is 3. The van der Waals surface area contributed by atoms with E-state index in [9.17, 15) is 18.8 Å². The van der Waals surface area contributed by atoms with E-state index in [1.54, 1.807) is 0 Å². The molecule has 1 aromatic heterocycles. The van der Waals surface area contributed by atoms with Gasteiger partial charge in [0, 0.05) is 11.8 Å². The van der Waals surface area contributed by atoms with Crippen molar-refractivity contribution in [3.8, 4) is 5.69 Å². The lowest BCUT2D eigenvalue weighted by molar-refractivity contribution is 0.0694. The molecular weight excluding hydrogens is 255 g/mol. The predicted octanol–water partition coefficient (Wildman–Crippen LogP) is 0.672. The Balaban J connectivity index is 2.80. The van der Waals surface area contributed by atoms with Crippen molar-refractivity contribution in [3.63, 3.8) is 0 Å². The molecule has 0 atom stereocenters. The number of aromatic amines is 1. The van der Waals surface area contributed by atoms with Crippen LogP contribution in [0.15, 0.2) is 34.0 Å². The zero-order valence-electron chi connectivity index (χ0n) is 9.81. The molecule has 6 nitrogen and oxygen atoms in total. The maximum Gasteiger partial charge on any atom is 0.342 e. The molecule has 0 aliphatic rings. The molecular formula is C12H9FN2O4. The average Bonchev–Trinajstić information content (AvgIpc) is 2.33. The van der Waals surface area contributed by atoms with E-state index in [4.69, 9.17) is 5.11 Å². The molecule has 0 amide bonds. The van der Waals surface area contributed by atoms with Gasteiger partial charge in [0.05, 0.1) is 5.69 Å². The Kier molecular flexibility index (Phi) is 3.04. The lowest BCUT2D eigenvalue weighted by Crippen LogP contribution is -2.32. The molecule has 1 heterocycles. The molecule has 2 rings (SSSR count). The molecule has 1 aromatic carbocycles. The van der Waals surface area contributed by atoms with Crippen molar-refractivity contribution in [1.82, 2.24) is 9.55 Å². The van der Waals surface area contributed by atoms with Crippen LogP contribution in [0, 0.1) is 12.7 Å². The fraction of sp³-hybridized carbons (Fsp3) is 0.0833. The Labute approximate surface area is 105 Å². The second-order valence-corrected chi connectivity index (χ2v) is 3.86. The topological polar surface area (TPSA) is 92.2 Å². The summed E-state index contributed by atoms with van der Waals surface area (Å²) in [6.45, 7) is 1.45. The van der Waals surface area contributed by atoms with Crippen LogP contribution in [0.3, 0.4) is 0 Å². The first-order chi connectivity index (χ1) is 8.91. The average molecular weight is 264 g/mol. The zero-order valence-corrected chi connectivity index (χ0v) is 9.81. The predicted molar refractivity (Wildman–Crippen MR) is 64.3 cm³/mol. The molecule has 2 aromatic rings. The van der Waals surface area contributed by atoms with E-state index in [-0.39, 0.29) is 11.3 Å². The van der Waals surface area contributed by atoms with E-state index in [2.05, 4.69) is 0 Å². The standard InChI is InChI=1S/C12H9FN2O4/c1-6-8(13)3-2-4-9(6)15-5-7(11(17)18)10(16)14-12(15)19/h2-5H,1H3,(H,17,18)(H,14,16,19). The Morgan fingerprint density at radius 1 is 1.37 bits per heavy atom. The van der Waals surface area contributed by atoms with Gasteiger partial charge in [0.2, 0.25) is 0 Å². The summed E-state index contributed by atoms with van der Waals surface area (Å²) in [5.74, 6) is -2.00. The molecule has 0 saturated heterocycles. The number of rotatable bonds is 2. The molecule has 0 bridgehead atoms. The van der Waals surface area contributed by atoms with Gasteiger partial charge in [-0.2, -0.15) is 0 Å². The van der Waals surface area contributed by atoms with Crippen LogP contribution in [0.5, 0.6) is 0 Å². The second-order valence-electron chi connectivity index (χ2n) is 3.86. The third-order valence-corrected chi connectivity index (χ3v) is 2.67. The van der Waals surface area contributed by atoms with Crippen molar-refractivity contribution in [2.75, 3.05) is 0 Å². The van der Waals surface area contributed by atoms with Crippen LogP contribution in [-0.2, 0) is 0 Å². The zero-order chi connectivity index (χ0) is 14.2. The van der Waals surface area contributed by atoms with Gasteiger partial charge in [-0.15, -0.1) is 0 Å². The normalized spacial score (nSPS) is 10.4. The van der Waals surface area contributed by atoms with E-state index in [0.717, 1.165) is 10.8 Å². The van der Waals surface area contributed by atoms with Crippen LogP contribution < -0.4 is 11.2 Å². The Hall–Kier alpha value is -2.70. The van der Waals surface area contributed by atoms with Gasteiger partial charge in [0.15, 0.2) is 0 Å². The van der Waals surface area contributed by atoms with Crippen LogP contribution >= 0.6 is 0 Å². The molecule has 0 fully saturated rings. The van der Waals surface area contributed by atoms with Crippen molar-refractivity contribution < 1.29 is 14.3 Å². The number of nitrogens with zero attached hydrogens (tertiary/aromatic N) is 1. The summed E-state index contributed by atoms with van der Waals surface area (Å²) in [7, 11) is 0. The number of aromatic carboxylic acids is 1. The van der Waals surface area contributed by atoms with E-state index in [0.29, 0.717) is 0 Å². The minimum Gasteiger partial charge on any atom is -0.477 e. The number of aromatic nitrogens is 2. The highest BCUT2D eigenvalue weighted by atomic mass is 19.1. The second kappa shape index (κ2) is 4.52. The number of halogens is 1. The van der Waals surface area contributed by atoms with E-state index >= 15 is 0 Å². The number of carboxylic acids is 1. The summed E-state index contributed by atoms with van der Waals surface area (Å²) in [6, 6.07) is 4.05. The van der Waals surface area contributed by atoms with Gasteiger partial charge >= 0.3 is 11.7 Å². The summed E-state index contributed by atoms with van der Waals surface area (Å²) in [5, 5.41) is 8.84. The number of hydrogen-bond donors (Lipinski definition) is 2. The SMILES string of the molecule is Cc1c(F)cccc1-n1cc(C(=O)O)c(=O)[nH]c1=O. The summed E-state index contributed by atoms with van der Waals surface area (Å²) >= 11 is 0. The molecule has 0 saturated carbocycles. The molecule has 98 valence electrons. The largest absolute Gasteiger partial charge is 0.477 e. The number of benzene rings is 1. The van der Waals surface area contributed by atoms with Gasteiger partial charge < -0.3 is 5.11 Å². The monoisotopic (exact) mass is 264 g/mol. The first-order valence-corrected chi connectivity index (χ1v) is 5.26. The quantitative estimate of drug-likeness (QED) is 0.833. The van der Waals surface area contributed by atoms with Crippen LogP contribution in [0.4, 0.5) is 4.39 Å². The van der Waals surface area contributed by atoms with Gasteiger partial charge in [0.25, 0.3) is 5.56 Å². The maximum atomic E-state index is 13.4. The highest BCUT2D eigenvalue weighted by Gasteiger charge is 2.14. The van der Waals surface area contributed by atoms with Crippen molar-refractivity contribution >= 4 is 5.97 Å². The molecule has 0 spiro atoms. The number of carbonyl (C=O) groups is 1. The van der Waals surface area contributed by atoms with Gasteiger partial charge in [0.1, 0.15) is 11.4 Å². The van der Waals surface area contributed by atoms with E-state index < -0.39 is 28.6 Å². The van der Waals surface area contributed by atoms with Crippen molar-refractivity contribution in [3.05, 3.63) is 62.2 Å². The lowest BCUT2D eigenvalue weighted by Gasteiger charge is -2.09. The summed E-state index contributed by atoms with van der Waals surface area (Å²) in [4.78, 5) is 35.7. The number of nitrogens with one attached hydrogen (secondary N) is 1. The third-order valence-electron chi connectivity index (χ3n) is 2.67. The first-order valence-electron chi connectivity index (χ1n) is 5.26. The minimum absolute atomic E-state index is 0.170. The fourth-order valence-corrected chi connectivity index (χ4v) is 1.66. The van der Waals surface area contributed by atoms with Crippen LogP contribution in [0.1, 0.15) is 15.9 Å². The number of carboxylic acid groups (broad SMARTS) is 1. The van der Waals surface area contributed by atoms with E-state index in [1.165, 1.54) is 25.1 Å². The highest BCUT2D eigenvalue weighted by Crippen LogP contribution is 2.14. The molecule has 0 aliphatic carbocycles. The summed E-state index contributed by atoms with van der Waals surface area (Å²) in [5.41, 5.74) is -2.08. The first kappa shape index (κ1) is 12.7. The minimum atomic E-state index is -1.47. The fourth-order valence-electron chi connectivity index (χ4n) is 1.66. The molecule has 0 radical (unpaired) electrons. The van der Waals surface area contributed by atoms with Crippen molar-refractivity contribution in [2.45, 2.75) is 6.92 Å². The van der Waals surface area contributed by atoms with Gasteiger partial charge in [-0.05, 0) is 19.1 Å². The summed E-state index contributed by atoms with van der Waals surface area (Å²) in [6.07, 6.45) is 0.880. The Morgan fingerprint density at radius 3 is 2.68 bits per heavy atom. The molecule has 2 N–H and O–H groups in total. The lowest BCUT2D eigenvalue weighted by atomic mass is 10.2. The van der Waals surface area contributed by atoms with Crippen molar-refractivity contribution in [2.24, 2.45) is 0 Å². The molecule has 0 unspecified atom stereocenters. The Morgan fingerprint density at radius 2 is 2.05 bits per heavy atom. The molecule has 7 heteroatoms. The van der Waals surface area contributed by atoms with Gasteiger partial charge in [-0.3, -0.25) is 14.3 Å². The molecule has 0 aliphatic heterocycles. The maximum absolute atomic E-state index is 13.4. The third kappa shape index (κ3) is 2.17.